The molecule has 0 atom stereocenters. The quantitative estimate of drug-likeness (QED) is 0.896. The van der Waals surface area contributed by atoms with Crippen LogP contribution in [0.15, 0.2) is 6.20 Å². The zero-order chi connectivity index (χ0) is 15.6. The van der Waals surface area contributed by atoms with Gasteiger partial charge in [0.05, 0.1) is 5.56 Å². The second-order valence-corrected chi connectivity index (χ2v) is 5.93. The molecule has 0 spiro atoms. The summed E-state index contributed by atoms with van der Waals surface area (Å²) in [6.07, 6.45) is 0.733. The molecule has 0 radical (unpaired) electrons. The summed E-state index contributed by atoms with van der Waals surface area (Å²) in [6.45, 7) is 3.91. The van der Waals surface area contributed by atoms with Gasteiger partial charge < -0.3 is 11.1 Å². The van der Waals surface area contributed by atoms with Gasteiger partial charge in [0.1, 0.15) is 5.82 Å². The van der Waals surface area contributed by atoms with Crippen LogP contribution < -0.4 is 11.1 Å². The molecule has 0 unspecified atom stereocenters. The van der Waals surface area contributed by atoms with Crippen LogP contribution in [0.4, 0.5) is 19.0 Å². The van der Waals surface area contributed by atoms with E-state index in [1.165, 1.54) is 6.92 Å². The van der Waals surface area contributed by atoms with Crippen LogP contribution in [0.2, 0.25) is 0 Å². The molecule has 1 aromatic heterocycles. The van der Waals surface area contributed by atoms with E-state index in [1.54, 1.807) is 6.92 Å². The first-order chi connectivity index (χ1) is 9.79. The number of nitrogens with one attached hydrogen (secondary N) is 1. The average molecular weight is 301 g/mol. The van der Waals surface area contributed by atoms with E-state index in [2.05, 4.69) is 10.3 Å². The van der Waals surface area contributed by atoms with Gasteiger partial charge in [0.15, 0.2) is 0 Å². The van der Waals surface area contributed by atoms with Crippen LogP contribution in [0.3, 0.4) is 0 Å². The molecule has 2 rings (SSSR count). The van der Waals surface area contributed by atoms with Crippen molar-refractivity contribution in [1.29, 1.82) is 0 Å². The van der Waals surface area contributed by atoms with Crippen molar-refractivity contribution in [2.24, 2.45) is 11.7 Å². The normalized spacial score (nSPS) is 23.1. The highest BCUT2D eigenvalue weighted by Gasteiger charge is 2.33. The molecule has 3 N–H and O–H groups in total. The molecule has 1 aliphatic carbocycles. The number of halogens is 3. The van der Waals surface area contributed by atoms with Crippen LogP contribution in [0.1, 0.15) is 42.4 Å². The third kappa shape index (κ3) is 3.87. The lowest BCUT2D eigenvalue weighted by molar-refractivity contribution is -0.138. The average Bonchev–Trinajstić information content (AvgIpc) is 2.41. The first-order valence-electron chi connectivity index (χ1n) is 7.32. The highest BCUT2D eigenvalue weighted by molar-refractivity contribution is 5.50. The second kappa shape index (κ2) is 6.22. The minimum Gasteiger partial charge on any atom is -0.370 e. The summed E-state index contributed by atoms with van der Waals surface area (Å²) in [7, 11) is 0. The Morgan fingerprint density at radius 3 is 2.38 bits per heavy atom. The molecule has 0 bridgehead atoms. The molecule has 1 heterocycles. The Kier molecular flexibility index (Phi) is 4.76. The van der Waals surface area contributed by atoms with Gasteiger partial charge in [0.2, 0.25) is 0 Å². The van der Waals surface area contributed by atoms with Crippen molar-refractivity contribution in [1.82, 2.24) is 4.98 Å². The molecule has 1 saturated carbocycles. The van der Waals surface area contributed by atoms with Crippen LogP contribution in [0, 0.1) is 19.8 Å². The Labute approximate surface area is 123 Å². The van der Waals surface area contributed by atoms with E-state index in [0.29, 0.717) is 23.3 Å². The fraction of sp³-hybridized carbons (Fsp3) is 0.667. The summed E-state index contributed by atoms with van der Waals surface area (Å²) in [5, 5.41) is 3.20. The first-order valence-corrected chi connectivity index (χ1v) is 7.32. The summed E-state index contributed by atoms with van der Waals surface area (Å²) >= 11 is 0. The second-order valence-electron chi connectivity index (χ2n) is 5.93. The zero-order valence-electron chi connectivity index (χ0n) is 12.4. The van der Waals surface area contributed by atoms with Gasteiger partial charge in [-0.25, -0.2) is 4.98 Å². The van der Waals surface area contributed by atoms with Crippen LogP contribution in [-0.4, -0.2) is 17.6 Å². The van der Waals surface area contributed by atoms with Crippen molar-refractivity contribution < 1.29 is 13.2 Å². The molecule has 3 nitrogen and oxygen atoms in total. The molecule has 21 heavy (non-hydrogen) atoms. The van der Waals surface area contributed by atoms with Crippen molar-refractivity contribution in [2.75, 3.05) is 11.9 Å². The predicted molar refractivity (Wildman–Crippen MR) is 77.1 cm³/mol. The van der Waals surface area contributed by atoms with Crippen LogP contribution >= 0.6 is 0 Å². The molecule has 0 aliphatic heterocycles. The Bertz CT molecular complexity index is 492. The number of alkyl halides is 3. The topological polar surface area (TPSA) is 50.9 Å². The van der Waals surface area contributed by atoms with Crippen molar-refractivity contribution in [3.8, 4) is 0 Å². The molecule has 0 aromatic carbocycles. The van der Waals surface area contributed by atoms with Gasteiger partial charge in [-0.3, -0.25) is 0 Å². The number of nitrogens with zero attached hydrogens (tertiary/aromatic N) is 1. The highest BCUT2D eigenvalue weighted by Crippen LogP contribution is 2.34. The van der Waals surface area contributed by atoms with Gasteiger partial charge in [-0.05, 0) is 56.6 Å². The standard InChI is InChI=1S/C15H22F3N3/c1-9-10(2)14(21-8-13(9)15(16,17)18)20-7-11-3-5-12(19)6-4-11/h8,11-12H,3-7,19H2,1-2H3,(H,20,21). The third-order valence-corrected chi connectivity index (χ3v) is 4.40. The maximum atomic E-state index is 12.8. The molecule has 1 fully saturated rings. The summed E-state index contributed by atoms with van der Waals surface area (Å²) in [5.74, 6) is 1.07. The van der Waals surface area contributed by atoms with Crippen molar-refractivity contribution in [3.63, 3.8) is 0 Å². The Balaban J connectivity index is 2.03. The number of hydrogen-bond donors (Lipinski definition) is 2. The Morgan fingerprint density at radius 2 is 1.81 bits per heavy atom. The van der Waals surface area contributed by atoms with Crippen molar-refractivity contribution in [3.05, 3.63) is 22.9 Å². The van der Waals surface area contributed by atoms with Gasteiger partial charge in [-0.1, -0.05) is 0 Å². The summed E-state index contributed by atoms with van der Waals surface area (Å²) < 4.78 is 38.4. The van der Waals surface area contributed by atoms with E-state index < -0.39 is 11.7 Å². The molecule has 6 heteroatoms. The molecular weight excluding hydrogens is 279 g/mol. The van der Waals surface area contributed by atoms with E-state index in [9.17, 15) is 13.2 Å². The molecule has 1 aromatic rings. The maximum Gasteiger partial charge on any atom is 0.418 e. The molecule has 1 aliphatic rings. The van der Waals surface area contributed by atoms with Crippen LogP contribution in [0.5, 0.6) is 0 Å². The Morgan fingerprint density at radius 1 is 1.19 bits per heavy atom. The monoisotopic (exact) mass is 301 g/mol. The van der Waals surface area contributed by atoms with E-state index in [-0.39, 0.29) is 5.56 Å². The minimum atomic E-state index is -4.35. The van der Waals surface area contributed by atoms with Gasteiger partial charge in [0, 0.05) is 18.8 Å². The number of nitrogens with two attached hydrogens (primary N) is 1. The number of rotatable bonds is 3. The fourth-order valence-electron chi connectivity index (χ4n) is 2.80. The lowest BCUT2D eigenvalue weighted by Crippen LogP contribution is -2.29. The summed E-state index contributed by atoms with van der Waals surface area (Å²) in [4.78, 5) is 3.95. The fourth-order valence-corrected chi connectivity index (χ4v) is 2.80. The van der Waals surface area contributed by atoms with E-state index in [1.807, 2.05) is 0 Å². The largest absolute Gasteiger partial charge is 0.418 e. The smallest absolute Gasteiger partial charge is 0.370 e. The summed E-state index contributed by atoms with van der Waals surface area (Å²) in [6, 6.07) is 0.300. The maximum absolute atomic E-state index is 12.8. The number of aromatic nitrogens is 1. The van der Waals surface area contributed by atoms with E-state index >= 15 is 0 Å². The Hall–Kier alpha value is -1.30. The van der Waals surface area contributed by atoms with Gasteiger partial charge in [0.25, 0.3) is 0 Å². The molecule has 0 saturated heterocycles. The molecule has 0 amide bonds. The van der Waals surface area contributed by atoms with Crippen LogP contribution in [0.25, 0.3) is 0 Å². The summed E-state index contributed by atoms with van der Waals surface area (Å²) in [5.41, 5.74) is 6.02. The number of pyridine rings is 1. The third-order valence-electron chi connectivity index (χ3n) is 4.40. The van der Waals surface area contributed by atoms with Gasteiger partial charge >= 0.3 is 6.18 Å². The van der Waals surface area contributed by atoms with Gasteiger partial charge in [-0.15, -0.1) is 0 Å². The van der Waals surface area contributed by atoms with Crippen molar-refractivity contribution >= 4 is 5.82 Å². The SMILES string of the molecule is Cc1c(C(F)(F)F)cnc(NCC2CCC(N)CC2)c1C. The van der Waals surface area contributed by atoms with Crippen molar-refractivity contribution in [2.45, 2.75) is 51.7 Å². The first kappa shape index (κ1) is 16.1. The van der Waals surface area contributed by atoms with Crippen LogP contribution in [-0.2, 0) is 6.18 Å². The number of hydrogen-bond acceptors (Lipinski definition) is 3. The minimum absolute atomic E-state index is 0.241. The molecular formula is C15H22F3N3. The lowest BCUT2D eigenvalue weighted by atomic mass is 9.86. The van der Waals surface area contributed by atoms with E-state index in [4.69, 9.17) is 5.73 Å². The predicted octanol–water partition coefficient (Wildman–Crippen LogP) is 3.65. The van der Waals surface area contributed by atoms with E-state index in [0.717, 1.165) is 38.4 Å². The van der Waals surface area contributed by atoms with Gasteiger partial charge in [-0.2, -0.15) is 13.2 Å². The molecule has 118 valence electrons. The number of anilines is 1. The highest BCUT2D eigenvalue weighted by atomic mass is 19.4. The zero-order valence-corrected chi connectivity index (χ0v) is 12.4. The lowest BCUT2D eigenvalue weighted by Gasteiger charge is -2.26.